The topological polar surface area (TPSA) is 63.2 Å². The lowest BCUT2D eigenvalue weighted by atomic mass is 9.86. The lowest BCUT2D eigenvalue weighted by molar-refractivity contribution is 0.0849. The van der Waals surface area contributed by atoms with Crippen molar-refractivity contribution >= 4 is 21.5 Å². The number of anilines is 1. The van der Waals surface area contributed by atoms with E-state index in [0.29, 0.717) is 0 Å². The third kappa shape index (κ3) is 3.73. The van der Waals surface area contributed by atoms with Gasteiger partial charge in [-0.3, -0.25) is 9.52 Å². The van der Waals surface area contributed by atoms with Crippen LogP contribution in [0.5, 0.6) is 0 Å². The van der Waals surface area contributed by atoms with E-state index in [2.05, 4.69) is 0 Å². The van der Waals surface area contributed by atoms with Crippen molar-refractivity contribution in [2.24, 2.45) is 5.41 Å². The summed E-state index contributed by atoms with van der Waals surface area (Å²) in [6.07, 6.45) is 0.834. The number of sulfonamides is 1. The van der Waals surface area contributed by atoms with Crippen LogP contribution in [0.1, 0.15) is 31.1 Å². The number of rotatable bonds is 3. The van der Waals surface area contributed by atoms with Crippen LogP contribution in [-0.4, -0.2) is 20.5 Å². The van der Waals surface area contributed by atoms with Crippen LogP contribution in [0.25, 0.3) is 0 Å². The van der Waals surface area contributed by atoms with Gasteiger partial charge in [-0.15, -0.1) is 0 Å². The van der Waals surface area contributed by atoms with Gasteiger partial charge in [-0.1, -0.05) is 20.8 Å². The Morgan fingerprint density at radius 2 is 1.74 bits per heavy atom. The van der Waals surface area contributed by atoms with Crippen LogP contribution in [0.3, 0.4) is 0 Å². The monoisotopic (exact) mass is 291 g/mol. The van der Waals surface area contributed by atoms with Crippen LogP contribution in [0.4, 0.5) is 14.5 Å². The maximum Gasteiger partial charge on any atom is 0.229 e. The Morgan fingerprint density at radius 3 is 2.16 bits per heavy atom. The molecule has 4 nitrogen and oxygen atoms in total. The third-order valence-corrected chi connectivity index (χ3v) is 2.89. The van der Waals surface area contributed by atoms with Gasteiger partial charge in [0.15, 0.2) is 11.6 Å². The molecule has 7 heteroatoms. The lowest BCUT2D eigenvalue weighted by Crippen LogP contribution is -2.23. The first-order valence-corrected chi connectivity index (χ1v) is 7.33. The van der Waals surface area contributed by atoms with Crippen LogP contribution < -0.4 is 4.72 Å². The average Bonchev–Trinajstić information content (AvgIpc) is 2.19. The molecular weight excluding hydrogens is 276 g/mol. The Balaban J connectivity index is 3.42. The zero-order valence-corrected chi connectivity index (χ0v) is 11.9. The fourth-order valence-corrected chi connectivity index (χ4v) is 1.97. The standard InChI is InChI=1S/C12H15F2NO3S/c1-12(2,3)11(16)9-7(13)5-6-8(10(9)14)15-19(4,17)18/h5-6,15H,1-4H3. The van der Waals surface area contributed by atoms with Gasteiger partial charge in [-0.05, 0) is 12.1 Å². The predicted molar refractivity (Wildman–Crippen MR) is 68.6 cm³/mol. The van der Waals surface area contributed by atoms with Gasteiger partial charge < -0.3 is 0 Å². The van der Waals surface area contributed by atoms with E-state index < -0.39 is 44.1 Å². The fourth-order valence-electron chi connectivity index (χ4n) is 1.41. The summed E-state index contributed by atoms with van der Waals surface area (Å²) in [4.78, 5) is 12.0. The number of hydrogen-bond acceptors (Lipinski definition) is 3. The summed E-state index contributed by atoms with van der Waals surface area (Å²) in [5.41, 5.74) is -2.16. The van der Waals surface area contributed by atoms with E-state index in [9.17, 15) is 22.0 Å². The van der Waals surface area contributed by atoms with Crippen LogP contribution >= 0.6 is 0 Å². The first-order valence-electron chi connectivity index (χ1n) is 5.44. The number of carbonyl (C=O) groups is 1. The van der Waals surface area contributed by atoms with Gasteiger partial charge in [0, 0.05) is 5.41 Å². The van der Waals surface area contributed by atoms with Crippen LogP contribution in [0, 0.1) is 17.0 Å². The summed E-state index contributed by atoms with van der Waals surface area (Å²) in [5, 5.41) is 0. The molecule has 0 saturated heterocycles. The van der Waals surface area contributed by atoms with Crippen molar-refractivity contribution in [3.8, 4) is 0 Å². The summed E-state index contributed by atoms with van der Waals surface area (Å²) in [6, 6.07) is 1.79. The van der Waals surface area contributed by atoms with E-state index in [1.807, 2.05) is 4.72 Å². The van der Waals surface area contributed by atoms with Crippen molar-refractivity contribution in [2.75, 3.05) is 11.0 Å². The molecular formula is C12H15F2NO3S. The SMILES string of the molecule is CC(C)(C)C(=O)c1c(F)ccc(NS(C)(=O)=O)c1F. The van der Waals surface area contributed by atoms with Gasteiger partial charge in [0.2, 0.25) is 10.0 Å². The molecule has 1 aromatic rings. The van der Waals surface area contributed by atoms with E-state index in [1.165, 1.54) is 20.8 Å². The minimum atomic E-state index is -3.71. The Bertz CT molecular complexity index is 619. The number of nitrogens with one attached hydrogen (secondary N) is 1. The highest BCUT2D eigenvalue weighted by Gasteiger charge is 2.30. The molecule has 0 amide bonds. The molecule has 0 heterocycles. The molecule has 1 N–H and O–H groups in total. The third-order valence-electron chi connectivity index (χ3n) is 2.29. The zero-order valence-electron chi connectivity index (χ0n) is 11.0. The van der Waals surface area contributed by atoms with E-state index in [0.717, 1.165) is 18.4 Å². The Hall–Kier alpha value is -1.50. The first kappa shape index (κ1) is 15.6. The quantitative estimate of drug-likeness (QED) is 0.871. The second kappa shape index (κ2) is 4.88. The van der Waals surface area contributed by atoms with E-state index in [1.54, 1.807) is 0 Å². The molecule has 19 heavy (non-hydrogen) atoms. The van der Waals surface area contributed by atoms with Gasteiger partial charge in [0.05, 0.1) is 17.5 Å². The normalized spacial score (nSPS) is 12.3. The van der Waals surface area contributed by atoms with Gasteiger partial charge >= 0.3 is 0 Å². The molecule has 0 aliphatic rings. The zero-order chi connectivity index (χ0) is 15.0. The molecule has 0 fully saturated rings. The maximum absolute atomic E-state index is 14.1. The highest BCUT2D eigenvalue weighted by Crippen LogP contribution is 2.28. The minimum absolute atomic E-state index is 0.448. The molecule has 1 rings (SSSR count). The summed E-state index contributed by atoms with van der Waals surface area (Å²) < 4.78 is 51.7. The van der Waals surface area contributed by atoms with Crippen LogP contribution in [0.15, 0.2) is 12.1 Å². The number of carbonyl (C=O) groups excluding carboxylic acids is 1. The molecule has 0 unspecified atom stereocenters. The van der Waals surface area contributed by atoms with Gasteiger partial charge in [-0.25, -0.2) is 17.2 Å². The minimum Gasteiger partial charge on any atom is -0.293 e. The molecule has 106 valence electrons. The van der Waals surface area contributed by atoms with Crippen LogP contribution in [-0.2, 0) is 10.0 Å². The predicted octanol–water partition coefficient (Wildman–Crippen LogP) is 2.57. The number of ketones is 1. The van der Waals surface area contributed by atoms with Crippen molar-refractivity contribution < 1.29 is 22.0 Å². The Labute approximate surface area is 110 Å². The molecule has 0 saturated carbocycles. The Kier molecular flexibility index (Phi) is 4.00. The molecule has 0 aliphatic heterocycles. The summed E-state index contributed by atoms with van der Waals surface area (Å²) in [7, 11) is -3.71. The smallest absolute Gasteiger partial charge is 0.229 e. The van der Waals surface area contributed by atoms with E-state index >= 15 is 0 Å². The molecule has 0 spiro atoms. The van der Waals surface area contributed by atoms with E-state index in [4.69, 9.17) is 0 Å². The number of hydrogen-bond donors (Lipinski definition) is 1. The summed E-state index contributed by atoms with van der Waals surface area (Å²) >= 11 is 0. The molecule has 0 radical (unpaired) electrons. The number of Topliss-reactive ketones (excluding diaryl/α,β-unsaturated/α-hetero) is 1. The van der Waals surface area contributed by atoms with Crippen molar-refractivity contribution in [2.45, 2.75) is 20.8 Å². The average molecular weight is 291 g/mol. The molecule has 1 aromatic carbocycles. The highest BCUT2D eigenvalue weighted by molar-refractivity contribution is 7.92. The molecule has 0 aliphatic carbocycles. The van der Waals surface area contributed by atoms with Gasteiger partial charge in [0.1, 0.15) is 5.82 Å². The highest BCUT2D eigenvalue weighted by atomic mass is 32.2. The van der Waals surface area contributed by atoms with Crippen LogP contribution in [0.2, 0.25) is 0 Å². The van der Waals surface area contributed by atoms with Crippen molar-refractivity contribution in [3.63, 3.8) is 0 Å². The van der Waals surface area contributed by atoms with Crippen molar-refractivity contribution in [3.05, 3.63) is 29.3 Å². The maximum atomic E-state index is 14.1. The Morgan fingerprint density at radius 1 is 1.21 bits per heavy atom. The molecule has 0 atom stereocenters. The summed E-state index contributed by atoms with van der Waals surface area (Å²) in [5.74, 6) is -2.96. The largest absolute Gasteiger partial charge is 0.293 e. The lowest BCUT2D eigenvalue weighted by Gasteiger charge is -2.18. The van der Waals surface area contributed by atoms with E-state index in [-0.39, 0.29) is 0 Å². The number of benzene rings is 1. The fraction of sp³-hybridized carbons (Fsp3) is 0.417. The van der Waals surface area contributed by atoms with Gasteiger partial charge in [0.25, 0.3) is 0 Å². The molecule has 0 bridgehead atoms. The van der Waals surface area contributed by atoms with Crippen molar-refractivity contribution in [1.82, 2.24) is 0 Å². The van der Waals surface area contributed by atoms with Crippen molar-refractivity contribution in [1.29, 1.82) is 0 Å². The first-order chi connectivity index (χ1) is 8.43. The second-order valence-corrected chi connectivity index (χ2v) is 6.99. The summed E-state index contributed by atoms with van der Waals surface area (Å²) in [6.45, 7) is 4.56. The second-order valence-electron chi connectivity index (χ2n) is 5.24. The molecule has 0 aromatic heterocycles. The van der Waals surface area contributed by atoms with Gasteiger partial charge in [-0.2, -0.15) is 0 Å². The number of halogens is 2.